The molecule has 0 rings (SSSR count). The Hall–Kier alpha value is -1.94. The van der Waals surface area contributed by atoms with Gasteiger partial charge in [-0.1, -0.05) is 318 Å². The Morgan fingerprint density at radius 1 is 0.297 bits per heavy atom. The smallest absolute Gasteiger partial charge is 0.462 e. The van der Waals surface area contributed by atoms with Crippen LogP contribution in [-0.2, 0) is 65.4 Å². The minimum absolute atomic E-state index is 0.107. The summed E-state index contributed by atoms with van der Waals surface area (Å²) in [6.45, 7) is 9.56. The first-order valence-electron chi connectivity index (χ1n) is 37.5. The van der Waals surface area contributed by atoms with Crippen molar-refractivity contribution in [2.45, 2.75) is 387 Å². The van der Waals surface area contributed by atoms with Gasteiger partial charge < -0.3 is 33.8 Å². The zero-order valence-electron chi connectivity index (χ0n) is 59.1. The molecule has 17 nitrogen and oxygen atoms in total. The first kappa shape index (κ1) is 89.1. The van der Waals surface area contributed by atoms with Gasteiger partial charge in [0.1, 0.15) is 19.3 Å². The summed E-state index contributed by atoms with van der Waals surface area (Å²) in [5.41, 5.74) is 0. The van der Waals surface area contributed by atoms with E-state index in [1.165, 1.54) is 173 Å². The van der Waals surface area contributed by atoms with Crippen LogP contribution in [0.2, 0.25) is 0 Å². The van der Waals surface area contributed by atoms with Crippen molar-refractivity contribution >= 4 is 39.5 Å². The third-order valence-electron chi connectivity index (χ3n) is 16.7. The van der Waals surface area contributed by atoms with Crippen molar-refractivity contribution < 1.29 is 80.2 Å². The van der Waals surface area contributed by atoms with Crippen molar-refractivity contribution in [2.24, 2.45) is 11.8 Å². The van der Waals surface area contributed by atoms with Crippen molar-refractivity contribution in [1.29, 1.82) is 0 Å². The highest BCUT2D eigenvalue weighted by molar-refractivity contribution is 7.47. The van der Waals surface area contributed by atoms with Gasteiger partial charge in [-0.3, -0.25) is 37.3 Å². The van der Waals surface area contributed by atoms with E-state index in [1.807, 2.05) is 0 Å². The number of phosphoric acid groups is 2. The van der Waals surface area contributed by atoms with Gasteiger partial charge >= 0.3 is 39.5 Å². The molecule has 0 saturated heterocycles. The van der Waals surface area contributed by atoms with Gasteiger partial charge in [-0.05, 0) is 37.5 Å². The van der Waals surface area contributed by atoms with Gasteiger partial charge in [-0.2, -0.15) is 0 Å². The number of hydrogen-bond acceptors (Lipinski definition) is 15. The topological polar surface area (TPSA) is 237 Å². The molecule has 91 heavy (non-hydrogen) atoms. The number of esters is 4. The van der Waals surface area contributed by atoms with Crippen LogP contribution in [0.15, 0.2) is 0 Å². The fourth-order valence-corrected chi connectivity index (χ4v) is 12.5. The van der Waals surface area contributed by atoms with E-state index in [2.05, 4.69) is 41.5 Å². The summed E-state index contributed by atoms with van der Waals surface area (Å²) in [7, 11) is -9.90. The van der Waals surface area contributed by atoms with Crippen molar-refractivity contribution in [3.05, 3.63) is 0 Å². The molecule has 5 atom stereocenters. The third-order valence-corrected chi connectivity index (χ3v) is 18.6. The number of carbonyl (C=O) groups excluding carboxylic acids is 4. The average molecular weight is 1340 g/mol. The molecule has 0 aliphatic carbocycles. The van der Waals surface area contributed by atoms with E-state index in [0.717, 1.165) is 115 Å². The lowest BCUT2D eigenvalue weighted by atomic mass is 10.0. The molecule has 0 bridgehead atoms. The van der Waals surface area contributed by atoms with E-state index in [4.69, 9.17) is 37.0 Å². The maximum atomic E-state index is 13.0. The van der Waals surface area contributed by atoms with Gasteiger partial charge in [0.15, 0.2) is 12.2 Å². The second-order valence-electron chi connectivity index (χ2n) is 26.9. The Morgan fingerprint density at radius 3 is 0.747 bits per heavy atom. The minimum Gasteiger partial charge on any atom is -0.462 e. The van der Waals surface area contributed by atoms with Crippen molar-refractivity contribution in [3.8, 4) is 0 Å². The predicted octanol–water partition coefficient (Wildman–Crippen LogP) is 20.8. The van der Waals surface area contributed by atoms with Crippen molar-refractivity contribution in [3.63, 3.8) is 0 Å². The number of aliphatic hydroxyl groups excluding tert-OH is 1. The quantitative estimate of drug-likeness (QED) is 0.0222. The SMILES string of the molecule is CCCCCCCCCCCCCCC(=O)O[C@H](COC(=O)CCCCCCCCC)COP(=O)(O)OC[C@H](O)COP(=O)(O)OC[C@@H](COC(=O)CCCCCCCCCCCCCCC(C)C)OC(=O)CCCCCCCCCCCCCCCCC(C)C. The summed E-state index contributed by atoms with van der Waals surface area (Å²) in [5.74, 6) is -0.547. The van der Waals surface area contributed by atoms with E-state index in [0.29, 0.717) is 25.7 Å². The van der Waals surface area contributed by atoms with Gasteiger partial charge in [0.05, 0.1) is 26.4 Å². The molecule has 0 amide bonds. The number of unbranched alkanes of at least 4 members (excludes halogenated alkanes) is 41. The van der Waals surface area contributed by atoms with Crippen LogP contribution in [-0.4, -0.2) is 96.7 Å². The fraction of sp³-hybridized carbons (Fsp3) is 0.944. The number of hydrogen-bond donors (Lipinski definition) is 3. The van der Waals surface area contributed by atoms with Crippen LogP contribution in [0.1, 0.15) is 369 Å². The second kappa shape index (κ2) is 64.1. The molecule has 19 heteroatoms. The minimum atomic E-state index is -4.95. The van der Waals surface area contributed by atoms with Gasteiger partial charge in [0.25, 0.3) is 0 Å². The summed E-state index contributed by atoms with van der Waals surface area (Å²) in [6.07, 6.45) is 50.0. The lowest BCUT2D eigenvalue weighted by Crippen LogP contribution is -2.30. The monoisotopic (exact) mass is 1340 g/mol. The lowest BCUT2D eigenvalue weighted by Gasteiger charge is -2.21. The highest BCUT2D eigenvalue weighted by Gasteiger charge is 2.30. The molecular formula is C72H140O17P2. The molecule has 0 heterocycles. The Balaban J connectivity index is 5.20. The third kappa shape index (κ3) is 66.5. The highest BCUT2D eigenvalue weighted by atomic mass is 31.2. The second-order valence-corrected chi connectivity index (χ2v) is 29.8. The molecule has 0 aromatic rings. The zero-order chi connectivity index (χ0) is 67.2. The Labute approximate surface area is 556 Å². The van der Waals surface area contributed by atoms with Gasteiger partial charge in [0.2, 0.25) is 0 Å². The Morgan fingerprint density at radius 2 is 0.505 bits per heavy atom. The molecule has 0 spiro atoms. The van der Waals surface area contributed by atoms with Crippen LogP contribution in [0.5, 0.6) is 0 Å². The summed E-state index contributed by atoms with van der Waals surface area (Å²) >= 11 is 0. The molecule has 0 aromatic carbocycles. The van der Waals surface area contributed by atoms with Gasteiger partial charge in [0, 0.05) is 25.7 Å². The van der Waals surface area contributed by atoms with Crippen LogP contribution in [0.4, 0.5) is 0 Å². The first-order valence-corrected chi connectivity index (χ1v) is 40.5. The van der Waals surface area contributed by atoms with E-state index in [-0.39, 0.29) is 25.7 Å². The summed E-state index contributed by atoms with van der Waals surface area (Å²) < 4.78 is 68.3. The highest BCUT2D eigenvalue weighted by Crippen LogP contribution is 2.45. The van der Waals surface area contributed by atoms with Crippen LogP contribution < -0.4 is 0 Å². The first-order chi connectivity index (χ1) is 43.9. The largest absolute Gasteiger partial charge is 0.472 e. The van der Waals surface area contributed by atoms with Gasteiger partial charge in [-0.15, -0.1) is 0 Å². The molecule has 0 saturated carbocycles. The number of ether oxygens (including phenoxy) is 4. The molecule has 0 aliphatic rings. The average Bonchev–Trinajstić information content (AvgIpc) is 3.53. The van der Waals surface area contributed by atoms with Crippen molar-refractivity contribution in [2.75, 3.05) is 39.6 Å². The molecule has 2 unspecified atom stereocenters. The van der Waals surface area contributed by atoms with E-state index < -0.39 is 97.5 Å². The van der Waals surface area contributed by atoms with E-state index >= 15 is 0 Å². The van der Waals surface area contributed by atoms with E-state index in [9.17, 15) is 43.2 Å². The maximum Gasteiger partial charge on any atom is 0.472 e. The number of aliphatic hydroxyl groups is 1. The summed E-state index contributed by atoms with van der Waals surface area (Å²) in [5, 5.41) is 10.6. The fourth-order valence-electron chi connectivity index (χ4n) is 10.9. The summed E-state index contributed by atoms with van der Waals surface area (Å²) in [6, 6.07) is 0. The molecule has 0 fully saturated rings. The molecule has 0 aromatic heterocycles. The Kier molecular flexibility index (Phi) is 62.7. The Bertz CT molecular complexity index is 1770. The molecule has 0 aliphatic heterocycles. The maximum absolute atomic E-state index is 13.0. The van der Waals surface area contributed by atoms with E-state index in [1.54, 1.807) is 0 Å². The number of rotatable bonds is 71. The lowest BCUT2D eigenvalue weighted by molar-refractivity contribution is -0.161. The molecular weight excluding hydrogens is 1200 g/mol. The van der Waals surface area contributed by atoms with Crippen LogP contribution in [0, 0.1) is 11.8 Å². The van der Waals surface area contributed by atoms with Crippen molar-refractivity contribution in [1.82, 2.24) is 0 Å². The van der Waals surface area contributed by atoms with Crippen LogP contribution in [0.3, 0.4) is 0 Å². The van der Waals surface area contributed by atoms with Crippen LogP contribution >= 0.6 is 15.6 Å². The normalized spacial score (nSPS) is 14.1. The zero-order valence-corrected chi connectivity index (χ0v) is 60.9. The number of phosphoric ester groups is 2. The van der Waals surface area contributed by atoms with Crippen LogP contribution in [0.25, 0.3) is 0 Å². The molecule has 540 valence electrons. The molecule has 0 radical (unpaired) electrons. The standard InChI is InChI=1S/C72H140O17P2/c1-7-9-11-13-15-16-17-26-32-38-44-50-56-71(76)88-67(60-82-69(74)54-48-42-34-14-12-10-8-2)62-86-90(78,79)84-58-66(73)59-85-91(80,81)87-63-68(61-83-70(75)55-49-43-37-31-27-23-22-25-30-36-41-47-53-65(5)6)89-72(77)57-51-45-39-33-28-21-19-18-20-24-29-35-40-46-52-64(3)4/h64-68,73H,7-63H2,1-6H3,(H,78,79)(H,80,81)/t66-,67+,68+/m0/s1. The summed E-state index contributed by atoms with van der Waals surface area (Å²) in [4.78, 5) is 72.5. The van der Waals surface area contributed by atoms with Gasteiger partial charge in [-0.25, -0.2) is 9.13 Å². The number of carbonyl (C=O) groups is 4. The molecule has 3 N–H and O–H groups in total. The predicted molar refractivity (Wildman–Crippen MR) is 368 cm³/mol.